The first-order valence-electron chi connectivity index (χ1n) is 14.4. The highest BCUT2D eigenvalue weighted by atomic mass is 19.2. The SMILES string of the molecule is C/C=C/C1CCC(c2ccc(-c3ccc(-c4ccc(OCCCCCCCC)c(F)c4F)cc3)c(F)c2F)CO1. The number of benzene rings is 3. The van der Waals surface area contributed by atoms with Crippen LogP contribution < -0.4 is 4.74 Å². The van der Waals surface area contributed by atoms with Crippen molar-refractivity contribution in [1.82, 2.24) is 0 Å². The summed E-state index contributed by atoms with van der Waals surface area (Å²) < 4.78 is 71.1. The topological polar surface area (TPSA) is 18.5 Å². The van der Waals surface area contributed by atoms with Gasteiger partial charge in [-0.2, -0.15) is 4.39 Å². The zero-order valence-electron chi connectivity index (χ0n) is 23.3. The highest BCUT2D eigenvalue weighted by Gasteiger charge is 2.26. The Morgan fingerprint density at radius 2 is 1.38 bits per heavy atom. The summed E-state index contributed by atoms with van der Waals surface area (Å²) in [5, 5.41) is 0. The maximum atomic E-state index is 15.1. The molecule has 1 heterocycles. The number of halogens is 4. The molecule has 0 radical (unpaired) electrons. The lowest BCUT2D eigenvalue weighted by molar-refractivity contribution is 0.0317. The minimum Gasteiger partial charge on any atom is -0.490 e. The summed E-state index contributed by atoms with van der Waals surface area (Å²) in [6.45, 7) is 4.76. The van der Waals surface area contributed by atoms with Gasteiger partial charge in [-0.3, -0.25) is 0 Å². The van der Waals surface area contributed by atoms with Gasteiger partial charge in [0.25, 0.3) is 0 Å². The number of hydrogen-bond donors (Lipinski definition) is 0. The van der Waals surface area contributed by atoms with E-state index in [1.165, 1.54) is 31.4 Å². The first-order chi connectivity index (χ1) is 19.4. The molecule has 2 atom stereocenters. The Hall–Kier alpha value is -3.12. The van der Waals surface area contributed by atoms with Gasteiger partial charge in [0.1, 0.15) is 0 Å². The van der Waals surface area contributed by atoms with Crippen LogP contribution in [0.2, 0.25) is 0 Å². The molecule has 0 amide bonds. The first kappa shape index (κ1) is 29.9. The van der Waals surface area contributed by atoms with Gasteiger partial charge in [-0.25, -0.2) is 13.2 Å². The maximum Gasteiger partial charge on any atom is 0.201 e. The average molecular weight is 555 g/mol. The Labute approximate surface area is 235 Å². The molecule has 2 unspecified atom stereocenters. The fourth-order valence-electron chi connectivity index (χ4n) is 5.25. The fraction of sp³-hybridized carbons (Fsp3) is 0.412. The van der Waals surface area contributed by atoms with E-state index in [0.717, 1.165) is 25.7 Å². The van der Waals surface area contributed by atoms with Gasteiger partial charge in [0.15, 0.2) is 23.2 Å². The molecule has 40 heavy (non-hydrogen) atoms. The summed E-state index contributed by atoms with van der Waals surface area (Å²) in [6, 6.07) is 12.4. The molecule has 0 aromatic heterocycles. The number of hydrogen-bond acceptors (Lipinski definition) is 2. The van der Waals surface area contributed by atoms with E-state index in [4.69, 9.17) is 9.47 Å². The van der Waals surface area contributed by atoms with Gasteiger partial charge in [0.05, 0.1) is 19.3 Å². The summed E-state index contributed by atoms with van der Waals surface area (Å²) in [7, 11) is 0. The standard InChI is InChI=1S/C34H38F4O2/c1-3-5-6-7-8-9-21-39-30-20-19-28(33(37)34(30)38)24-13-11-23(12-14-24)27-17-18-29(32(36)31(27)35)25-15-16-26(10-4-2)40-22-25/h4,10-14,17-20,25-26H,3,5-9,15-16,21-22H2,1-2H3/b10-4+. The van der Waals surface area contributed by atoms with Crippen molar-refractivity contribution in [3.8, 4) is 28.0 Å². The Balaban J connectivity index is 1.42. The molecule has 0 N–H and O–H groups in total. The highest BCUT2D eigenvalue weighted by molar-refractivity contribution is 5.72. The average Bonchev–Trinajstić information content (AvgIpc) is 2.97. The van der Waals surface area contributed by atoms with Crippen molar-refractivity contribution in [2.24, 2.45) is 0 Å². The fourth-order valence-corrected chi connectivity index (χ4v) is 5.25. The minimum atomic E-state index is -1.03. The molecule has 3 aromatic rings. The van der Waals surface area contributed by atoms with Crippen molar-refractivity contribution in [2.45, 2.75) is 77.2 Å². The van der Waals surface area contributed by atoms with E-state index in [0.29, 0.717) is 36.3 Å². The quantitative estimate of drug-likeness (QED) is 0.126. The Morgan fingerprint density at radius 1 is 0.750 bits per heavy atom. The van der Waals surface area contributed by atoms with Crippen LogP contribution in [0.4, 0.5) is 17.6 Å². The Kier molecular flexibility index (Phi) is 10.8. The molecule has 0 aliphatic carbocycles. The first-order valence-corrected chi connectivity index (χ1v) is 14.4. The van der Waals surface area contributed by atoms with Gasteiger partial charge in [-0.1, -0.05) is 87.6 Å². The second-order valence-electron chi connectivity index (χ2n) is 10.4. The van der Waals surface area contributed by atoms with E-state index in [1.54, 1.807) is 36.4 Å². The summed E-state index contributed by atoms with van der Waals surface area (Å²) in [4.78, 5) is 0. The molecule has 0 spiro atoms. The van der Waals surface area contributed by atoms with E-state index in [9.17, 15) is 8.78 Å². The van der Waals surface area contributed by atoms with E-state index in [2.05, 4.69) is 6.92 Å². The van der Waals surface area contributed by atoms with Crippen LogP contribution in [0.3, 0.4) is 0 Å². The maximum absolute atomic E-state index is 15.1. The smallest absolute Gasteiger partial charge is 0.201 e. The van der Waals surface area contributed by atoms with Gasteiger partial charge in [-0.15, -0.1) is 0 Å². The molecule has 3 aromatic carbocycles. The summed E-state index contributed by atoms with van der Waals surface area (Å²) in [6.07, 6.45) is 11.8. The lowest BCUT2D eigenvalue weighted by atomic mass is 9.89. The van der Waals surface area contributed by atoms with Gasteiger partial charge < -0.3 is 9.47 Å². The van der Waals surface area contributed by atoms with Crippen LogP contribution >= 0.6 is 0 Å². The molecule has 1 saturated heterocycles. The van der Waals surface area contributed by atoms with Crippen molar-refractivity contribution in [3.05, 3.63) is 89.5 Å². The van der Waals surface area contributed by atoms with Crippen molar-refractivity contribution in [3.63, 3.8) is 0 Å². The number of rotatable bonds is 12. The second-order valence-corrected chi connectivity index (χ2v) is 10.4. The van der Waals surface area contributed by atoms with Crippen LogP contribution in [-0.4, -0.2) is 19.3 Å². The van der Waals surface area contributed by atoms with Crippen molar-refractivity contribution in [1.29, 1.82) is 0 Å². The lowest BCUT2D eigenvalue weighted by Crippen LogP contribution is -2.24. The van der Waals surface area contributed by atoms with Gasteiger partial charge in [0, 0.05) is 17.0 Å². The molecule has 2 nitrogen and oxygen atoms in total. The summed E-state index contributed by atoms with van der Waals surface area (Å²) in [5.41, 5.74) is 1.37. The molecular weight excluding hydrogens is 516 g/mol. The lowest BCUT2D eigenvalue weighted by Gasteiger charge is -2.28. The number of allylic oxidation sites excluding steroid dienone is 1. The van der Waals surface area contributed by atoms with Crippen molar-refractivity contribution < 1.29 is 27.0 Å². The van der Waals surface area contributed by atoms with Crippen LogP contribution in [0, 0.1) is 23.3 Å². The van der Waals surface area contributed by atoms with Crippen LogP contribution in [0.1, 0.15) is 76.7 Å². The highest BCUT2D eigenvalue weighted by Crippen LogP contribution is 2.36. The molecular formula is C34H38F4O2. The normalized spacial score (nSPS) is 17.4. The molecule has 0 saturated carbocycles. The molecule has 1 aliphatic heterocycles. The number of ether oxygens (including phenoxy) is 2. The Morgan fingerprint density at radius 3 is 2.00 bits per heavy atom. The third kappa shape index (κ3) is 7.14. The van der Waals surface area contributed by atoms with Crippen LogP contribution in [-0.2, 0) is 4.74 Å². The van der Waals surface area contributed by atoms with E-state index in [-0.39, 0.29) is 28.9 Å². The van der Waals surface area contributed by atoms with Crippen molar-refractivity contribution >= 4 is 0 Å². The van der Waals surface area contributed by atoms with Gasteiger partial charge in [-0.05, 0) is 55.0 Å². The Bertz CT molecular complexity index is 1280. The third-order valence-corrected chi connectivity index (χ3v) is 7.58. The van der Waals surface area contributed by atoms with Crippen molar-refractivity contribution in [2.75, 3.05) is 13.2 Å². The summed E-state index contributed by atoms with van der Waals surface area (Å²) in [5.74, 6) is -4.14. The van der Waals surface area contributed by atoms with Crippen LogP contribution in [0.25, 0.3) is 22.3 Å². The van der Waals surface area contributed by atoms with E-state index < -0.39 is 23.3 Å². The molecule has 214 valence electrons. The molecule has 1 aliphatic rings. The second kappa shape index (κ2) is 14.5. The van der Waals surface area contributed by atoms with Crippen LogP contribution in [0.15, 0.2) is 60.7 Å². The summed E-state index contributed by atoms with van der Waals surface area (Å²) >= 11 is 0. The molecule has 1 fully saturated rings. The molecule has 6 heteroatoms. The largest absolute Gasteiger partial charge is 0.490 e. The zero-order chi connectivity index (χ0) is 28.5. The minimum absolute atomic E-state index is 0.0130. The van der Waals surface area contributed by atoms with Gasteiger partial charge >= 0.3 is 0 Å². The molecule has 0 bridgehead atoms. The zero-order valence-corrected chi connectivity index (χ0v) is 23.3. The monoisotopic (exact) mass is 554 g/mol. The molecule has 4 rings (SSSR count). The van der Waals surface area contributed by atoms with E-state index >= 15 is 8.78 Å². The predicted octanol–water partition coefficient (Wildman–Crippen LogP) is 10.2. The predicted molar refractivity (Wildman–Crippen MR) is 153 cm³/mol. The van der Waals surface area contributed by atoms with Crippen LogP contribution in [0.5, 0.6) is 5.75 Å². The van der Waals surface area contributed by atoms with Gasteiger partial charge in [0.2, 0.25) is 5.82 Å². The number of unbranched alkanes of at least 4 members (excludes halogenated alkanes) is 5. The third-order valence-electron chi connectivity index (χ3n) is 7.58. The van der Waals surface area contributed by atoms with E-state index in [1.807, 2.05) is 19.1 Å².